The molecule has 0 N–H and O–H groups in total. The minimum atomic E-state index is -4.40. The van der Waals surface area contributed by atoms with Crippen LogP contribution in [-0.4, -0.2) is 48.6 Å². The van der Waals surface area contributed by atoms with E-state index in [0.29, 0.717) is 50.0 Å². The Morgan fingerprint density at radius 2 is 1.90 bits per heavy atom. The predicted octanol–water partition coefficient (Wildman–Crippen LogP) is 3.65. The fourth-order valence-electron chi connectivity index (χ4n) is 3.68. The van der Waals surface area contributed by atoms with Crippen molar-refractivity contribution >= 4 is 23.3 Å². The molecular formula is C20H19ClF3N3O2. The molecule has 0 unspecified atom stereocenters. The summed E-state index contributed by atoms with van der Waals surface area (Å²) in [5, 5.41) is 0.609. The van der Waals surface area contributed by atoms with Crippen LogP contribution in [0.15, 0.2) is 36.5 Å². The van der Waals surface area contributed by atoms with Gasteiger partial charge in [0.05, 0.1) is 11.5 Å². The summed E-state index contributed by atoms with van der Waals surface area (Å²) < 4.78 is 43.7. The molecule has 0 bridgehead atoms. The van der Waals surface area contributed by atoms with Gasteiger partial charge in [-0.2, -0.15) is 13.2 Å². The van der Waals surface area contributed by atoms with Crippen LogP contribution >= 0.6 is 11.6 Å². The molecule has 1 fully saturated rings. The van der Waals surface area contributed by atoms with Crippen molar-refractivity contribution in [2.24, 2.45) is 5.92 Å². The van der Waals surface area contributed by atoms with Gasteiger partial charge in [-0.05, 0) is 42.3 Å². The number of rotatable bonds is 2. The number of hydrogen-bond donors (Lipinski definition) is 0. The summed E-state index contributed by atoms with van der Waals surface area (Å²) in [5.74, 6) is 0.999. The van der Waals surface area contributed by atoms with Crippen LogP contribution in [-0.2, 0) is 17.4 Å². The first-order valence-corrected chi connectivity index (χ1v) is 9.67. The summed E-state index contributed by atoms with van der Waals surface area (Å²) in [5.41, 5.74) is 0.155. The molecule has 1 saturated heterocycles. The van der Waals surface area contributed by atoms with Gasteiger partial charge in [0.2, 0.25) is 5.91 Å². The van der Waals surface area contributed by atoms with Crippen molar-refractivity contribution in [1.82, 2.24) is 9.88 Å². The molecule has 1 atom stereocenters. The molecule has 1 aromatic heterocycles. The van der Waals surface area contributed by atoms with E-state index in [2.05, 4.69) is 4.98 Å². The minimum Gasteiger partial charge on any atom is -0.492 e. The highest BCUT2D eigenvalue weighted by atomic mass is 35.5. The van der Waals surface area contributed by atoms with Crippen LogP contribution in [0.3, 0.4) is 0 Å². The minimum absolute atomic E-state index is 0.0238. The van der Waals surface area contributed by atoms with Gasteiger partial charge in [0, 0.05) is 37.4 Å². The topological polar surface area (TPSA) is 45.7 Å². The number of ether oxygens (including phenoxy) is 1. The molecule has 5 nitrogen and oxygen atoms in total. The van der Waals surface area contributed by atoms with Gasteiger partial charge < -0.3 is 14.5 Å². The molecular weight excluding hydrogens is 407 g/mol. The second-order valence-electron chi connectivity index (χ2n) is 7.18. The Morgan fingerprint density at radius 1 is 1.14 bits per heavy atom. The molecule has 0 spiro atoms. The SMILES string of the molecule is O=C([C@H]1COc2ccc(Cl)cc2C1)N1CCN(c2ccc(C(F)(F)F)cn2)CC1. The van der Waals surface area contributed by atoms with Gasteiger partial charge in [-0.25, -0.2) is 4.98 Å². The second-order valence-corrected chi connectivity index (χ2v) is 7.62. The van der Waals surface area contributed by atoms with E-state index in [4.69, 9.17) is 16.3 Å². The molecule has 3 heterocycles. The number of hydrogen-bond acceptors (Lipinski definition) is 4. The molecule has 2 aromatic rings. The van der Waals surface area contributed by atoms with Crippen molar-refractivity contribution in [3.63, 3.8) is 0 Å². The first-order valence-electron chi connectivity index (χ1n) is 9.29. The zero-order valence-corrected chi connectivity index (χ0v) is 16.2. The number of aromatic nitrogens is 1. The number of alkyl halides is 3. The van der Waals surface area contributed by atoms with E-state index in [9.17, 15) is 18.0 Å². The van der Waals surface area contributed by atoms with Crippen LogP contribution in [0.25, 0.3) is 0 Å². The van der Waals surface area contributed by atoms with E-state index in [0.717, 1.165) is 23.6 Å². The number of benzene rings is 1. The van der Waals surface area contributed by atoms with Crippen LogP contribution in [0.5, 0.6) is 5.75 Å². The van der Waals surface area contributed by atoms with Gasteiger partial charge in [-0.1, -0.05) is 11.6 Å². The van der Waals surface area contributed by atoms with Crippen LogP contribution in [0.2, 0.25) is 5.02 Å². The highest BCUT2D eigenvalue weighted by Crippen LogP contribution is 2.31. The van der Waals surface area contributed by atoms with E-state index in [-0.39, 0.29) is 11.8 Å². The van der Waals surface area contributed by atoms with Crippen molar-refractivity contribution in [2.75, 3.05) is 37.7 Å². The Labute approximate surface area is 171 Å². The van der Waals surface area contributed by atoms with E-state index in [1.807, 2.05) is 17.0 Å². The lowest BCUT2D eigenvalue weighted by Crippen LogP contribution is -2.51. The fourth-order valence-corrected chi connectivity index (χ4v) is 3.87. The van der Waals surface area contributed by atoms with E-state index in [1.165, 1.54) is 6.07 Å². The third kappa shape index (κ3) is 4.27. The molecule has 4 rings (SSSR count). The fraction of sp³-hybridized carbons (Fsp3) is 0.400. The van der Waals surface area contributed by atoms with E-state index >= 15 is 0 Å². The monoisotopic (exact) mass is 425 g/mol. The van der Waals surface area contributed by atoms with Crippen molar-refractivity contribution in [1.29, 1.82) is 0 Å². The molecule has 2 aliphatic heterocycles. The summed E-state index contributed by atoms with van der Waals surface area (Å²) in [6.07, 6.45) is -2.98. The van der Waals surface area contributed by atoms with Gasteiger partial charge >= 0.3 is 6.18 Å². The van der Waals surface area contributed by atoms with Crippen molar-refractivity contribution in [3.8, 4) is 5.75 Å². The number of amides is 1. The standard InChI is InChI=1S/C20H19ClF3N3O2/c21-16-2-3-17-13(10-16)9-14(12-29-17)19(28)27-7-5-26(6-8-27)18-4-1-15(11-25-18)20(22,23)24/h1-4,10-11,14H,5-9,12H2/t14-/m1/s1. The number of anilines is 1. The third-order valence-corrected chi connectivity index (χ3v) is 5.50. The van der Waals surface area contributed by atoms with Crippen molar-refractivity contribution < 1.29 is 22.7 Å². The van der Waals surface area contributed by atoms with Crippen LogP contribution in [0.1, 0.15) is 11.1 Å². The number of carbonyl (C=O) groups is 1. The highest BCUT2D eigenvalue weighted by Gasteiger charge is 2.33. The smallest absolute Gasteiger partial charge is 0.417 e. The number of nitrogens with zero attached hydrogens (tertiary/aromatic N) is 3. The zero-order chi connectivity index (χ0) is 20.6. The molecule has 154 valence electrons. The van der Waals surface area contributed by atoms with E-state index in [1.54, 1.807) is 11.0 Å². The number of halogens is 4. The average molecular weight is 426 g/mol. The third-order valence-electron chi connectivity index (χ3n) is 5.27. The van der Waals surface area contributed by atoms with E-state index < -0.39 is 11.7 Å². The molecule has 0 aliphatic carbocycles. The quantitative estimate of drug-likeness (QED) is 0.736. The lowest BCUT2D eigenvalue weighted by molar-refractivity contribution is -0.138. The maximum absolute atomic E-state index is 12.9. The van der Waals surface area contributed by atoms with Gasteiger partial charge in [0.25, 0.3) is 0 Å². The Kier molecular flexibility index (Phi) is 5.29. The van der Waals surface area contributed by atoms with Crippen molar-refractivity contribution in [2.45, 2.75) is 12.6 Å². The Bertz CT molecular complexity index is 897. The van der Waals surface area contributed by atoms with Crippen molar-refractivity contribution in [3.05, 3.63) is 52.7 Å². The number of pyridine rings is 1. The molecule has 2 aliphatic rings. The molecule has 0 saturated carbocycles. The Hall–Kier alpha value is -2.48. The number of fused-ring (bicyclic) bond motifs is 1. The Morgan fingerprint density at radius 3 is 2.55 bits per heavy atom. The highest BCUT2D eigenvalue weighted by molar-refractivity contribution is 6.30. The summed E-state index contributed by atoms with van der Waals surface area (Å²) in [6, 6.07) is 7.80. The lowest BCUT2D eigenvalue weighted by Gasteiger charge is -2.37. The normalized spacial score (nSPS) is 19.5. The lowest BCUT2D eigenvalue weighted by atomic mass is 9.95. The van der Waals surface area contributed by atoms with Crippen LogP contribution in [0.4, 0.5) is 19.0 Å². The molecule has 29 heavy (non-hydrogen) atoms. The zero-order valence-electron chi connectivity index (χ0n) is 15.5. The van der Waals surface area contributed by atoms with Gasteiger partial charge in [-0.15, -0.1) is 0 Å². The summed E-state index contributed by atoms with van der Waals surface area (Å²) >= 11 is 6.04. The molecule has 1 aromatic carbocycles. The number of piperazine rings is 1. The second kappa shape index (κ2) is 7.74. The molecule has 0 radical (unpaired) electrons. The van der Waals surface area contributed by atoms with Crippen LogP contribution in [0, 0.1) is 5.92 Å². The summed E-state index contributed by atoms with van der Waals surface area (Å²) in [4.78, 5) is 20.5. The van der Waals surface area contributed by atoms with Gasteiger partial charge in [0.1, 0.15) is 18.2 Å². The van der Waals surface area contributed by atoms with Gasteiger partial charge in [0.15, 0.2) is 0 Å². The predicted molar refractivity (Wildman–Crippen MR) is 102 cm³/mol. The summed E-state index contributed by atoms with van der Waals surface area (Å²) in [6.45, 7) is 2.33. The molecule has 1 amide bonds. The maximum Gasteiger partial charge on any atom is 0.417 e. The number of carbonyl (C=O) groups excluding carboxylic acids is 1. The first kappa shape index (κ1) is 19.8. The largest absolute Gasteiger partial charge is 0.492 e. The maximum atomic E-state index is 12.9. The van der Waals surface area contributed by atoms with Crippen LogP contribution < -0.4 is 9.64 Å². The average Bonchev–Trinajstić information content (AvgIpc) is 2.72. The van der Waals surface area contributed by atoms with Gasteiger partial charge in [-0.3, -0.25) is 4.79 Å². The molecule has 9 heteroatoms. The first-order chi connectivity index (χ1) is 13.8. The Balaban J connectivity index is 1.35. The summed E-state index contributed by atoms with van der Waals surface area (Å²) in [7, 11) is 0.